The number of ketones is 1. The first-order valence-electron chi connectivity index (χ1n) is 6.25. The summed E-state index contributed by atoms with van der Waals surface area (Å²) in [4.78, 5) is 12.6. The van der Waals surface area contributed by atoms with Gasteiger partial charge in [-0.05, 0) is 45.6 Å². The van der Waals surface area contributed by atoms with E-state index in [1.807, 2.05) is 0 Å². The SMILES string of the molecule is O=C(c1cccc(F)c1Br)c1ccc(F)c2ccccc12. The largest absolute Gasteiger partial charge is 0.289 e. The Kier molecular flexibility index (Phi) is 3.55. The lowest BCUT2D eigenvalue weighted by molar-refractivity contribution is 0.103. The number of fused-ring (bicyclic) bond motifs is 1. The summed E-state index contributed by atoms with van der Waals surface area (Å²) in [6, 6.07) is 13.7. The second-order valence-corrected chi connectivity index (χ2v) is 5.36. The molecule has 3 aromatic carbocycles. The Balaban J connectivity index is 2.23. The van der Waals surface area contributed by atoms with Crippen molar-refractivity contribution < 1.29 is 13.6 Å². The minimum absolute atomic E-state index is 0.114. The van der Waals surface area contributed by atoms with Gasteiger partial charge in [-0.1, -0.05) is 30.3 Å². The predicted octanol–water partition coefficient (Wildman–Crippen LogP) is 5.11. The number of carbonyl (C=O) groups excluding carboxylic acids is 1. The molecule has 1 nitrogen and oxygen atoms in total. The first-order chi connectivity index (χ1) is 10.1. The average Bonchev–Trinajstić information content (AvgIpc) is 2.50. The molecular weight excluding hydrogens is 338 g/mol. The molecular formula is C17H9BrF2O. The van der Waals surface area contributed by atoms with Crippen molar-refractivity contribution in [3.8, 4) is 0 Å². The monoisotopic (exact) mass is 346 g/mol. The molecule has 3 rings (SSSR count). The predicted molar refractivity (Wildman–Crippen MR) is 81.4 cm³/mol. The van der Waals surface area contributed by atoms with Crippen LogP contribution in [0.3, 0.4) is 0 Å². The summed E-state index contributed by atoms with van der Waals surface area (Å²) in [5, 5.41) is 0.884. The van der Waals surface area contributed by atoms with Crippen LogP contribution in [0.15, 0.2) is 59.1 Å². The van der Waals surface area contributed by atoms with Gasteiger partial charge in [0.25, 0.3) is 0 Å². The molecule has 0 aliphatic carbocycles. The molecule has 0 heterocycles. The number of rotatable bonds is 2. The Bertz CT molecular complexity index is 859. The number of hydrogen-bond donors (Lipinski definition) is 0. The lowest BCUT2D eigenvalue weighted by Crippen LogP contribution is -2.04. The molecule has 3 aromatic rings. The first-order valence-corrected chi connectivity index (χ1v) is 7.05. The molecule has 0 bridgehead atoms. The Hall–Kier alpha value is -2.07. The van der Waals surface area contributed by atoms with Gasteiger partial charge in [-0.25, -0.2) is 8.78 Å². The van der Waals surface area contributed by atoms with Gasteiger partial charge in [0, 0.05) is 16.5 Å². The third kappa shape index (κ3) is 2.36. The van der Waals surface area contributed by atoms with Gasteiger partial charge < -0.3 is 0 Å². The van der Waals surface area contributed by atoms with E-state index in [1.165, 1.54) is 30.3 Å². The molecule has 0 aliphatic heterocycles. The molecule has 0 aliphatic rings. The highest BCUT2D eigenvalue weighted by Gasteiger charge is 2.18. The minimum atomic E-state index is -0.507. The van der Waals surface area contributed by atoms with Gasteiger partial charge >= 0.3 is 0 Å². The number of hydrogen-bond acceptors (Lipinski definition) is 1. The van der Waals surface area contributed by atoms with Crippen LogP contribution in [0.5, 0.6) is 0 Å². The highest BCUT2D eigenvalue weighted by atomic mass is 79.9. The van der Waals surface area contributed by atoms with Crippen LogP contribution in [0.2, 0.25) is 0 Å². The van der Waals surface area contributed by atoms with Crippen LogP contribution in [0.25, 0.3) is 10.8 Å². The fraction of sp³-hybridized carbons (Fsp3) is 0. The molecule has 0 atom stereocenters. The molecule has 0 radical (unpaired) electrons. The van der Waals surface area contributed by atoms with Crippen molar-refractivity contribution in [1.82, 2.24) is 0 Å². The van der Waals surface area contributed by atoms with E-state index in [1.54, 1.807) is 24.3 Å². The Morgan fingerprint density at radius 3 is 2.24 bits per heavy atom. The van der Waals surface area contributed by atoms with Crippen molar-refractivity contribution in [2.75, 3.05) is 0 Å². The molecule has 104 valence electrons. The summed E-state index contributed by atoms with van der Waals surface area (Å²) in [5.41, 5.74) is 0.560. The van der Waals surface area contributed by atoms with Crippen LogP contribution in [0.4, 0.5) is 8.78 Å². The van der Waals surface area contributed by atoms with E-state index in [0.717, 1.165) is 0 Å². The Labute approximate surface area is 128 Å². The van der Waals surface area contributed by atoms with Crippen LogP contribution >= 0.6 is 15.9 Å². The van der Waals surface area contributed by atoms with E-state index in [2.05, 4.69) is 15.9 Å². The summed E-state index contributed by atoms with van der Waals surface area (Å²) in [6.45, 7) is 0. The van der Waals surface area contributed by atoms with E-state index in [4.69, 9.17) is 0 Å². The quantitative estimate of drug-likeness (QED) is 0.589. The maximum absolute atomic E-state index is 13.8. The van der Waals surface area contributed by atoms with Crippen LogP contribution < -0.4 is 0 Å². The highest BCUT2D eigenvalue weighted by Crippen LogP contribution is 2.27. The molecule has 0 saturated carbocycles. The lowest BCUT2D eigenvalue weighted by atomic mass is 9.97. The van der Waals surface area contributed by atoms with Crippen molar-refractivity contribution in [2.45, 2.75) is 0 Å². The lowest BCUT2D eigenvalue weighted by Gasteiger charge is -2.08. The van der Waals surface area contributed by atoms with Gasteiger partial charge in [-0.15, -0.1) is 0 Å². The Morgan fingerprint density at radius 2 is 1.48 bits per heavy atom. The van der Waals surface area contributed by atoms with Gasteiger partial charge in [0.2, 0.25) is 0 Å². The second kappa shape index (κ2) is 5.37. The normalized spacial score (nSPS) is 10.8. The van der Waals surface area contributed by atoms with Crippen LogP contribution in [0, 0.1) is 11.6 Å². The average molecular weight is 347 g/mol. The summed E-state index contributed by atoms with van der Waals surface area (Å²) in [5.74, 6) is -1.25. The zero-order chi connectivity index (χ0) is 15.0. The van der Waals surface area contributed by atoms with Crippen molar-refractivity contribution in [3.63, 3.8) is 0 Å². The third-order valence-corrected chi connectivity index (χ3v) is 4.12. The molecule has 0 amide bonds. The van der Waals surface area contributed by atoms with E-state index in [-0.39, 0.29) is 21.6 Å². The second-order valence-electron chi connectivity index (χ2n) is 4.57. The van der Waals surface area contributed by atoms with Crippen LogP contribution in [-0.4, -0.2) is 5.78 Å². The first kappa shape index (κ1) is 13.9. The number of halogens is 3. The van der Waals surface area contributed by atoms with E-state index in [9.17, 15) is 13.6 Å². The summed E-state index contributed by atoms with van der Waals surface area (Å²) < 4.78 is 27.5. The molecule has 0 unspecified atom stereocenters. The van der Waals surface area contributed by atoms with Crippen molar-refractivity contribution in [1.29, 1.82) is 0 Å². The zero-order valence-corrected chi connectivity index (χ0v) is 12.3. The molecule has 0 N–H and O–H groups in total. The van der Waals surface area contributed by atoms with Gasteiger partial charge in [0.1, 0.15) is 11.6 Å². The molecule has 0 saturated heterocycles. The fourth-order valence-electron chi connectivity index (χ4n) is 2.28. The smallest absolute Gasteiger partial charge is 0.194 e. The van der Waals surface area contributed by atoms with E-state index < -0.39 is 5.82 Å². The third-order valence-electron chi connectivity index (χ3n) is 3.31. The topological polar surface area (TPSA) is 17.1 Å². The van der Waals surface area contributed by atoms with Crippen molar-refractivity contribution in [3.05, 3.63) is 81.8 Å². The van der Waals surface area contributed by atoms with Gasteiger partial charge in [-0.3, -0.25) is 4.79 Å². The van der Waals surface area contributed by atoms with Crippen molar-refractivity contribution >= 4 is 32.5 Å². The maximum Gasteiger partial charge on any atom is 0.194 e. The zero-order valence-electron chi connectivity index (χ0n) is 10.7. The molecule has 0 aromatic heterocycles. The van der Waals surface area contributed by atoms with Crippen molar-refractivity contribution in [2.24, 2.45) is 0 Å². The number of carbonyl (C=O) groups is 1. The maximum atomic E-state index is 13.8. The standard InChI is InChI=1S/C17H9BrF2O/c18-16-13(6-3-7-15(16)20)17(21)12-8-9-14(19)11-5-2-1-4-10(11)12/h1-9H. The summed E-state index contributed by atoms with van der Waals surface area (Å²) in [7, 11) is 0. The molecule has 0 spiro atoms. The number of benzene rings is 3. The van der Waals surface area contributed by atoms with Gasteiger partial charge in [-0.2, -0.15) is 0 Å². The van der Waals surface area contributed by atoms with E-state index >= 15 is 0 Å². The minimum Gasteiger partial charge on any atom is -0.289 e. The molecule has 0 fully saturated rings. The molecule has 21 heavy (non-hydrogen) atoms. The fourth-order valence-corrected chi connectivity index (χ4v) is 2.73. The Morgan fingerprint density at radius 1 is 0.762 bits per heavy atom. The van der Waals surface area contributed by atoms with Crippen LogP contribution in [-0.2, 0) is 0 Å². The molecule has 4 heteroatoms. The highest BCUT2D eigenvalue weighted by molar-refractivity contribution is 9.10. The van der Waals surface area contributed by atoms with Gasteiger partial charge in [0.05, 0.1) is 4.47 Å². The van der Waals surface area contributed by atoms with Crippen LogP contribution in [0.1, 0.15) is 15.9 Å². The summed E-state index contributed by atoms with van der Waals surface area (Å²) >= 11 is 3.09. The van der Waals surface area contributed by atoms with Gasteiger partial charge in [0.15, 0.2) is 5.78 Å². The summed E-state index contributed by atoms with van der Waals surface area (Å²) in [6.07, 6.45) is 0. The van der Waals surface area contributed by atoms with E-state index in [0.29, 0.717) is 16.3 Å².